The topological polar surface area (TPSA) is 38.7 Å². The van der Waals surface area contributed by atoms with Crippen molar-refractivity contribution in [2.45, 2.75) is 90.7 Å². The molecule has 1 aliphatic rings. The predicted octanol–water partition coefficient (Wildman–Crippen LogP) is 6.77. The smallest absolute Gasteiger partial charge is 0.126 e. The van der Waals surface area contributed by atoms with Gasteiger partial charge in [-0.1, -0.05) is 65.8 Å². The van der Waals surface area contributed by atoms with Gasteiger partial charge >= 0.3 is 0 Å². The minimum Gasteiger partial charge on any atom is -0.491 e. The molecule has 2 aromatic carbocycles. The van der Waals surface area contributed by atoms with Gasteiger partial charge < -0.3 is 19.1 Å². The first-order chi connectivity index (χ1) is 17.4. The molecule has 1 atom stereocenters. The Morgan fingerprint density at radius 3 is 2.11 bits per heavy atom. The summed E-state index contributed by atoms with van der Waals surface area (Å²) < 4.78 is 26.3. The maximum Gasteiger partial charge on any atom is 0.126 e. The highest BCUT2D eigenvalue weighted by molar-refractivity contribution is 5.43. The molecular formula is C32H49FNO3+. The third-order valence-corrected chi connectivity index (χ3v) is 7.49. The zero-order chi connectivity index (χ0) is 27.1. The van der Waals surface area contributed by atoms with Crippen LogP contribution in [0.1, 0.15) is 83.9 Å². The highest BCUT2D eigenvalue weighted by atomic mass is 19.1. The van der Waals surface area contributed by atoms with Gasteiger partial charge in [0.2, 0.25) is 0 Å². The lowest BCUT2D eigenvalue weighted by molar-refractivity contribution is -0.943. The van der Waals surface area contributed by atoms with E-state index < -0.39 is 6.10 Å². The number of likely N-dealkylation sites (tertiary alicyclic amines) is 1. The molecule has 4 nitrogen and oxygen atoms in total. The van der Waals surface area contributed by atoms with Gasteiger partial charge in [0.15, 0.2) is 0 Å². The first kappa shape index (κ1) is 29.6. The Morgan fingerprint density at radius 1 is 0.865 bits per heavy atom. The average molecular weight is 515 g/mol. The summed E-state index contributed by atoms with van der Waals surface area (Å²) in [5.41, 5.74) is 3.69. The van der Waals surface area contributed by atoms with E-state index in [-0.39, 0.29) is 16.6 Å². The van der Waals surface area contributed by atoms with Crippen LogP contribution in [0, 0.1) is 5.82 Å². The Balaban J connectivity index is 1.53. The fraction of sp³-hybridized carbons (Fsp3) is 0.625. The predicted molar refractivity (Wildman–Crippen MR) is 150 cm³/mol. The van der Waals surface area contributed by atoms with E-state index in [4.69, 9.17) is 9.47 Å². The standard InChI is InChI=1S/C32H49FNO3/c1-31(2,3)26-13-16-30(29(21-26)32(4,5)6)37-20-19-36-24-28(35)23-34(17-9-7-8-10-18-34)22-25-11-14-27(33)15-12-25/h11-16,21,28,35H,7-10,17-20,22-24H2,1-6H3/q+1. The second-order valence-electron chi connectivity index (χ2n) is 13.0. The Morgan fingerprint density at radius 2 is 1.51 bits per heavy atom. The Labute approximate surface area is 224 Å². The highest BCUT2D eigenvalue weighted by Gasteiger charge is 2.32. The fourth-order valence-corrected chi connectivity index (χ4v) is 5.38. The summed E-state index contributed by atoms with van der Waals surface area (Å²) in [5.74, 6) is 0.694. The first-order valence-corrected chi connectivity index (χ1v) is 14.0. The molecule has 1 unspecified atom stereocenters. The van der Waals surface area contributed by atoms with E-state index in [1.165, 1.54) is 36.1 Å². The first-order valence-electron chi connectivity index (χ1n) is 14.0. The average Bonchev–Trinajstić information content (AvgIpc) is 3.04. The number of nitrogens with zero attached hydrogens (tertiary/aromatic N) is 1. The van der Waals surface area contributed by atoms with E-state index in [1.54, 1.807) is 0 Å². The van der Waals surface area contributed by atoms with Crippen LogP contribution in [0.25, 0.3) is 0 Å². The molecule has 1 heterocycles. The molecule has 2 aromatic rings. The molecule has 0 spiro atoms. The van der Waals surface area contributed by atoms with Crippen LogP contribution in [-0.4, -0.2) is 55.1 Å². The van der Waals surface area contributed by atoms with Gasteiger partial charge in [-0.2, -0.15) is 0 Å². The molecule has 0 aliphatic carbocycles. The molecule has 1 fully saturated rings. The van der Waals surface area contributed by atoms with Gasteiger partial charge in [0.1, 0.15) is 37.4 Å². The van der Waals surface area contributed by atoms with Crippen LogP contribution in [0.3, 0.4) is 0 Å². The summed E-state index contributed by atoms with van der Waals surface area (Å²) in [7, 11) is 0. The molecule has 206 valence electrons. The van der Waals surface area contributed by atoms with Crippen LogP contribution in [-0.2, 0) is 22.1 Å². The van der Waals surface area contributed by atoms with E-state index in [0.717, 1.165) is 48.3 Å². The normalized spacial score (nSPS) is 17.3. The van der Waals surface area contributed by atoms with Gasteiger partial charge in [-0.15, -0.1) is 0 Å². The second kappa shape index (κ2) is 12.7. The summed E-state index contributed by atoms with van der Waals surface area (Å²) in [6, 6.07) is 13.3. The Hall–Kier alpha value is -1.95. The van der Waals surface area contributed by atoms with Crippen LogP contribution in [0.4, 0.5) is 4.39 Å². The number of quaternary nitrogens is 1. The third kappa shape index (κ3) is 9.08. The van der Waals surface area contributed by atoms with Gasteiger partial charge in [0, 0.05) is 5.56 Å². The van der Waals surface area contributed by atoms with Gasteiger partial charge in [0.05, 0.1) is 26.3 Å². The second-order valence-corrected chi connectivity index (χ2v) is 13.0. The minimum absolute atomic E-state index is 0.0247. The number of hydrogen-bond donors (Lipinski definition) is 1. The van der Waals surface area contributed by atoms with Gasteiger partial charge in [-0.3, -0.25) is 0 Å². The van der Waals surface area contributed by atoms with Crippen molar-refractivity contribution in [1.29, 1.82) is 0 Å². The molecule has 1 saturated heterocycles. The SMILES string of the molecule is CC(C)(C)c1ccc(OCCOCC(O)C[N+]2(Cc3ccc(F)cc3)CCCCCC2)c(C(C)(C)C)c1. The van der Waals surface area contributed by atoms with Crippen LogP contribution in [0.15, 0.2) is 42.5 Å². The number of rotatable bonds is 10. The fourth-order valence-electron chi connectivity index (χ4n) is 5.38. The lowest BCUT2D eigenvalue weighted by atomic mass is 9.80. The molecule has 1 N–H and O–H groups in total. The van der Waals surface area contributed by atoms with Crippen LogP contribution in [0.5, 0.6) is 5.75 Å². The third-order valence-electron chi connectivity index (χ3n) is 7.49. The summed E-state index contributed by atoms with van der Waals surface area (Å²) in [4.78, 5) is 0. The van der Waals surface area contributed by atoms with E-state index in [9.17, 15) is 9.50 Å². The molecule has 37 heavy (non-hydrogen) atoms. The summed E-state index contributed by atoms with van der Waals surface area (Å²) >= 11 is 0. The molecule has 5 heteroatoms. The van der Waals surface area contributed by atoms with Crippen molar-refractivity contribution in [3.8, 4) is 5.75 Å². The van der Waals surface area contributed by atoms with E-state index in [0.29, 0.717) is 26.4 Å². The van der Waals surface area contributed by atoms with E-state index in [1.807, 2.05) is 12.1 Å². The Bertz CT molecular complexity index is 967. The van der Waals surface area contributed by atoms with E-state index >= 15 is 0 Å². The Kier molecular flexibility index (Phi) is 10.2. The molecule has 3 rings (SSSR count). The van der Waals surface area contributed by atoms with E-state index in [2.05, 4.69) is 59.7 Å². The molecule has 0 bridgehead atoms. The summed E-state index contributed by atoms with van der Waals surface area (Å²) in [6.07, 6.45) is 4.25. The number of halogens is 1. The van der Waals surface area contributed by atoms with Crippen molar-refractivity contribution in [3.05, 3.63) is 65.0 Å². The van der Waals surface area contributed by atoms with Crippen LogP contribution >= 0.6 is 0 Å². The van der Waals surface area contributed by atoms with Gasteiger partial charge in [-0.25, -0.2) is 4.39 Å². The quantitative estimate of drug-likeness (QED) is 0.281. The van der Waals surface area contributed by atoms with Crippen molar-refractivity contribution < 1.29 is 23.5 Å². The lowest BCUT2D eigenvalue weighted by Gasteiger charge is -2.39. The summed E-state index contributed by atoms with van der Waals surface area (Å²) in [5, 5.41) is 10.9. The number of aliphatic hydroxyl groups is 1. The number of benzene rings is 2. The lowest BCUT2D eigenvalue weighted by Crippen LogP contribution is -2.53. The molecule has 0 saturated carbocycles. The number of hydrogen-bond acceptors (Lipinski definition) is 3. The van der Waals surface area contributed by atoms with Crippen LogP contribution in [0.2, 0.25) is 0 Å². The van der Waals surface area contributed by atoms with Crippen molar-refractivity contribution in [2.24, 2.45) is 0 Å². The number of aliphatic hydroxyl groups excluding tert-OH is 1. The van der Waals surface area contributed by atoms with Crippen molar-refractivity contribution >= 4 is 0 Å². The largest absolute Gasteiger partial charge is 0.491 e. The highest BCUT2D eigenvalue weighted by Crippen LogP contribution is 2.35. The molecule has 0 aromatic heterocycles. The van der Waals surface area contributed by atoms with Crippen molar-refractivity contribution in [2.75, 3.05) is 39.5 Å². The monoisotopic (exact) mass is 514 g/mol. The van der Waals surface area contributed by atoms with Gasteiger partial charge in [0.25, 0.3) is 0 Å². The molecule has 1 aliphatic heterocycles. The minimum atomic E-state index is -0.547. The van der Waals surface area contributed by atoms with Crippen LogP contribution < -0.4 is 4.74 Å². The van der Waals surface area contributed by atoms with Crippen molar-refractivity contribution in [1.82, 2.24) is 0 Å². The molecular weight excluding hydrogens is 465 g/mol. The zero-order valence-electron chi connectivity index (χ0n) is 24.0. The molecule has 0 amide bonds. The number of ether oxygens (including phenoxy) is 2. The van der Waals surface area contributed by atoms with Crippen molar-refractivity contribution in [3.63, 3.8) is 0 Å². The zero-order valence-corrected chi connectivity index (χ0v) is 24.0. The maximum absolute atomic E-state index is 13.4. The van der Waals surface area contributed by atoms with Gasteiger partial charge in [-0.05, 0) is 65.8 Å². The summed E-state index contributed by atoms with van der Waals surface area (Å²) in [6.45, 7) is 18.0. The molecule has 0 radical (unpaired) electrons. The maximum atomic E-state index is 13.4.